The van der Waals surface area contributed by atoms with Crippen LogP contribution in [0.15, 0.2) is 24.3 Å². The first-order valence-corrected chi connectivity index (χ1v) is 6.65. The summed E-state index contributed by atoms with van der Waals surface area (Å²) in [6, 6.07) is 7.76. The van der Waals surface area contributed by atoms with Gasteiger partial charge in [-0.15, -0.1) is 0 Å². The lowest BCUT2D eigenvalue weighted by molar-refractivity contribution is -0.133. The van der Waals surface area contributed by atoms with Gasteiger partial charge in [0.05, 0.1) is 0 Å². The van der Waals surface area contributed by atoms with Crippen molar-refractivity contribution >= 4 is 5.91 Å². The van der Waals surface area contributed by atoms with Crippen LogP contribution in [0.4, 0.5) is 0 Å². The van der Waals surface area contributed by atoms with Crippen LogP contribution in [0.25, 0.3) is 0 Å². The maximum Gasteiger partial charge on any atom is 0.260 e. The van der Waals surface area contributed by atoms with Crippen molar-refractivity contribution in [3.63, 3.8) is 0 Å². The molecule has 0 aliphatic carbocycles. The molecule has 1 rings (SSSR count). The number of hydrogen-bond acceptors (Lipinski definition) is 2. The molecule has 0 radical (unpaired) electrons. The summed E-state index contributed by atoms with van der Waals surface area (Å²) in [6.07, 6.45) is 1.96. The molecule has 0 N–H and O–H groups in total. The van der Waals surface area contributed by atoms with Crippen molar-refractivity contribution in [2.24, 2.45) is 0 Å². The Balaban J connectivity index is 2.51. The van der Waals surface area contributed by atoms with Crippen LogP contribution in [0.5, 0.6) is 5.75 Å². The average molecular weight is 249 g/mol. The van der Waals surface area contributed by atoms with Gasteiger partial charge < -0.3 is 9.64 Å². The van der Waals surface area contributed by atoms with Crippen LogP contribution in [-0.2, 0) is 4.79 Å². The lowest BCUT2D eigenvalue weighted by Gasteiger charge is -2.21. The number of carbonyl (C=O) groups is 1. The van der Waals surface area contributed by atoms with Crippen LogP contribution in [-0.4, -0.2) is 30.5 Å². The Morgan fingerprint density at radius 3 is 2.33 bits per heavy atom. The molecule has 0 spiro atoms. The smallest absolute Gasteiger partial charge is 0.260 e. The Morgan fingerprint density at radius 1 is 1.17 bits per heavy atom. The van der Waals surface area contributed by atoms with E-state index in [2.05, 4.69) is 13.8 Å². The van der Waals surface area contributed by atoms with Crippen LogP contribution >= 0.6 is 0 Å². The maximum atomic E-state index is 12.0. The number of rotatable bonds is 7. The molecule has 0 bridgehead atoms. The van der Waals surface area contributed by atoms with Gasteiger partial charge >= 0.3 is 0 Å². The van der Waals surface area contributed by atoms with Crippen LogP contribution in [0.3, 0.4) is 0 Å². The van der Waals surface area contributed by atoms with E-state index in [9.17, 15) is 4.79 Å². The van der Waals surface area contributed by atoms with Gasteiger partial charge in [-0.3, -0.25) is 4.79 Å². The van der Waals surface area contributed by atoms with E-state index < -0.39 is 0 Å². The third kappa shape index (κ3) is 4.40. The molecule has 3 nitrogen and oxygen atoms in total. The predicted molar refractivity (Wildman–Crippen MR) is 73.8 cm³/mol. The second kappa shape index (κ2) is 7.75. The summed E-state index contributed by atoms with van der Waals surface area (Å²) in [5, 5.41) is 0. The van der Waals surface area contributed by atoms with Crippen LogP contribution < -0.4 is 4.74 Å². The van der Waals surface area contributed by atoms with Gasteiger partial charge in [0.25, 0.3) is 5.91 Å². The largest absolute Gasteiger partial charge is 0.484 e. The van der Waals surface area contributed by atoms with Gasteiger partial charge in [-0.2, -0.15) is 0 Å². The van der Waals surface area contributed by atoms with Crippen molar-refractivity contribution < 1.29 is 9.53 Å². The third-order valence-corrected chi connectivity index (χ3v) is 2.78. The van der Waals surface area contributed by atoms with Gasteiger partial charge in [-0.25, -0.2) is 0 Å². The zero-order valence-electron chi connectivity index (χ0n) is 11.6. The standard InChI is InChI=1S/C15H23NO2/c1-4-10-16(11-5-2)15(17)12-18-14-9-7-6-8-13(14)3/h6-9H,4-5,10-12H2,1-3H3. The normalized spacial score (nSPS) is 10.2. The summed E-state index contributed by atoms with van der Waals surface area (Å²) >= 11 is 0. The molecule has 0 saturated carbocycles. The molecule has 0 saturated heterocycles. The molecule has 0 heterocycles. The summed E-state index contributed by atoms with van der Waals surface area (Å²) < 4.78 is 5.58. The SMILES string of the molecule is CCCN(CCC)C(=O)COc1ccccc1C. The molecular formula is C15H23NO2. The quantitative estimate of drug-likeness (QED) is 0.743. The number of amides is 1. The fourth-order valence-electron chi connectivity index (χ4n) is 1.85. The molecular weight excluding hydrogens is 226 g/mol. The Labute approximate surface area is 110 Å². The first kappa shape index (κ1) is 14.6. The fourth-order valence-corrected chi connectivity index (χ4v) is 1.85. The highest BCUT2D eigenvalue weighted by Gasteiger charge is 2.12. The first-order valence-electron chi connectivity index (χ1n) is 6.65. The third-order valence-electron chi connectivity index (χ3n) is 2.78. The van der Waals surface area contributed by atoms with Gasteiger partial charge in [0.1, 0.15) is 5.75 Å². The van der Waals surface area contributed by atoms with E-state index in [1.165, 1.54) is 0 Å². The summed E-state index contributed by atoms with van der Waals surface area (Å²) in [6.45, 7) is 7.89. The number of hydrogen-bond donors (Lipinski definition) is 0. The minimum absolute atomic E-state index is 0.0713. The second-order valence-corrected chi connectivity index (χ2v) is 4.43. The number of nitrogens with zero attached hydrogens (tertiary/aromatic N) is 1. The molecule has 1 aromatic carbocycles. The van der Waals surface area contributed by atoms with Crippen LogP contribution in [0.1, 0.15) is 32.3 Å². The van der Waals surface area contributed by atoms with E-state index in [1.54, 1.807) is 0 Å². The minimum atomic E-state index is 0.0713. The summed E-state index contributed by atoms with van der Waals surface area (Å²) in [5.41, 5.74) is 1.06. The molecule has 18 heavy (non-hydrogen) atoms. The molecule has 1 amide bonds. The predicted octanol–water partition coefficient (Wildman–Crippen LogP) is 3.02. The average Bonchev–Trinajstić information content (AvgIpc) is 2.37. The Morgan fingerprint density at radius 2 is 1.78 bits per heavy atom. The zero-order chi connectivity index (χ0) is 13.4. The topological polar surface area (TPSA) is 29.5 Å². The molecule has 0 atom stereocenters. The zero-order valence-corrected chi connectivity index (χ0v) is 11.6. The van der Waals surface area contributed by atoms with Gasteiger partial charge in [0, 0.05) is 13.1 Å². The molecule has 0 fully saturated rings. The molecule has 0 aromatic heterocycles. The molecule has 0 aliphatic heterocycles. The Bertz CT molecular complexity index is 371. The number of para-hydroxylation sites is 1. The first-order chi connectivity index (χ1) is 8.69. The monoisotopic (exact) mass is 249 g/mol. The highest BCUT2D eigenvalue weighted by Crippen LogP contribution is 2.16. The second-order valence-electron chi connectivity index (χ2n) is 4.43. The lowest BCUT2D eigenvalue weighted by Crippen LogP contribution is -2.36. The van der Waals surface area contributed by atoms with E-state index in [-0.39, 0.29) is 12.5 Å². The van der Waals surface area contributed by atoms with E-state index in [4.69, 9.17) is 4.74 Å². The van der Waals surface area contributed by atoms with Crippen molar-refractivity contribution in [2.45, 2.75) is 33.6 Å². The Kier molecular flexibility index (Phi) is 6.26. The highest BCUT2D eigenvalue weighted by molar-refractivity contribution is 5.77. The number of carbonyl (C=O) groups excluding carboxylic acids is 1. The van der Waals surface area contributed by atoms with E-state index >= 15 is 0 Å². The molecule has 3 heteroatoms. The van der Waals surface area contributed by atoms with Crippen molar-refractivity contribution in [3.05, 3.63) is 29.8 Å². The highest BCUT2D eigenvalue weighted by atomic mass is 16.5. The van der Waals surface area contributed by atoms with Crippen LogP contribution in [0.2, 0.25) is 0 Å². The van der Waals surface area contributed by atoms with Crippen molar-refractivity contribution in [1.29, 1.82) is 0 Å². The molecule has 0 unspecified atom stereocenters. The van der Waals surface area contributed by atoms with Crippen molar-refractivity contribution in [3.8, 4) is 5.75 Å². The number of benzene rings is 1. The van der Waals surface area contributed by atoms with Gasteiger partial charge in [-0.1, -0.05) is 32.0 Å². The maximum absolute atomic E-state index is 12.0. The van der Waals surface area contributed by atoms with Crippen LogP contribution in [0, 0.1) is 6.92 Å². The van der Waals surface area contributed by atoms with Crippen molar-refractivity contribution in [1.82, 2.24) is 4.90 Å². The number of aryl methyl sites for hydroxylation is 1. The van der Waals surface area contributed by atoms with Gasteiger partial charge in [0.15, 0.2) is 6.61 Å². The Hall–Kier alpha value is -1.51. The van der Waals surface area contributed by atoms with E-state index in [0.29, 0.717) is 0 Å². The van der Waals surface area contributed by atoms with Gasteiger partial charge in [0.2, 0.25) is 0 Å². The van der Waals surface area contributed by atoms with Crippen molar-refractivity contribution in [2.75, 3.05) is 19.7 Å². The summed E-state index contributed by atoms with van der Waals surface area (Å²) in [4.78, 5) is 13.9. The molecule has 1 aromatic rings. The lowest BCUT2D eigenvalue weighted by atomic mass is 10.2. The molecule has 0 aliphatic rings. The van der Waals surface area contributed by atoms with Gasteiger partial charge in [-0.05, 0) is 31.4 Å². The number of ether oxygens (including phenoxy) is 1. The fraction of sp³-hybridized carbons (Fsp3) is 0.533. The van der Waals surface area contributed by atoms with E-state index in [0.717, 1.165) is 37.2 Å². The minimum Gasteiger partial charge on any atom is -0.484 e. The van der Waals surface area contributed by atoms with E-state index in [1.807, 2.05) is 36.1 Å². The molecule has 100 valence electrons. The summed E-state index contributed by atoms with van der Waals surface area (Å²) in [7, 11) is 0. The summed E-state index contributed by atoms with van der Waals surface area (Å²) in [5.74, 6) is 0.862.